The molecule has 0 bridgehead atoms. The number of benzene rings is 2. The van der Waals surface area contributed by atoms with Crippen LogP contribution < -0.4 is 10.1 Å². The van der Waals surface area contributed by atoms with E-state index >= 15 is 0 Å². The minimum Gasteiger partial charge on any atom is -0.493 e. The first-order chi connectivity index (χ1) is 16.4. The van der Waals surface area contributed by atoms with Crippen LogP contribution in [0.4, 0.5) is 14.6 Å². The Bertz CT molecular complexity index is 1200. The molecule has 0 aliphatic rings. The molecule has 176 valence electrons. The third-order valence-corrected chi connectivity index (χ3v) is 4.62. The van der Waals surface area contributed by atoms with Crippen LogP contribution in [0.1, 0.15) is 38.3 Å². The van der Waals surface area contributed by atoms with E-state index in [2.05, 4.69) is 10.3 Å². The number of ether oxygens (including phenoxy) is 2. The van der Waals surface area contributed by atoms with Gasteiger partial charge in [-0.1, -0.05) is 12.2 Å². The number of carbonyl (C=O) groups is 2. The van der Waals surface area contributed by atoms with Gasteiger partial charge in [0.15, 0.2) is 0 Å². The summed E-state index contributed by atoms with van der Waals surface area (Å²) in [6.07, 6.45) is 4.82. The Balaban J connectivity index is 1.84. The van der Waals surface area contributed by atoms with Crippen molar-refractivity contribution in [3.05, 3.63) is 88.6 Å². The summed E-state index contributed by atoms with van der Waals surface area (Å²) in [7, 11) is 1.58. The molecule has 0 aliphatic carbocycles. The van der Waals surface area contributed by atoms with Crippen molar-refractivity contribution in [2.24, 2.45) is 0 Å². The lowest BCUT2D eigenvalue weighted by molar-refractivity contribution is 0.0696. The molecule has 0 saturated carbocycles. The van der Waals surface area contributed by atoms with E-state index in [4.69, 9.17) is 14.6 Å². The zero-order valence-electron chi connectivity index (χ0n) is 18.3. The lowest BCUT2D eigenvalue weighted by Crippen LogP contribution is -2.14. The van der Waals surface area contributed by atoms with E-state index in [1.54, 1.807) is 31.4 Å². The van der Waals surface area contributed by atoms with Gasteiger partial charge < -0.3 is 19.9 Å². The molecule has 3 aromatic rings. The largest absolute Gasteiger partial charge is 0.493 e. The molecule has 7 nitrogen and oxygen atoms in total. The highest BCUT2D eigenvalue weighted by atomic mass is 19.1. The quantitative estimate of drug-likeness (QED) is 0.325. The molecule has 0 spiro atoms. The minimum absolute atomic E-state index is 0.00935. The highest BCUT2D eigenvalue weighted by Crippen LogP contribution is 2.22. The molecule has 0 unspecified atom stereocenters. The monoisotopic (exact) mass is 468 g/mol. The number of aromatic carboxylic acids is 1. The van der Waals surface area contributed by atoms with Crippen molar-refractivity contribution in [1.29, 1.82) is 0 Å². The van der Waals surface area contributed by atoms with Crippen LogP contribution in [0.5, 0.6) is 5.75 Å². The van der Waals surface area contributed by atoms with Gasteiger partial charge in [-0.3, -0.25) is 4.79 Å². The summed E-state index contributed by atoms with van der Waals surface area (Å²) in [5, 5.41) is 11.6. The van der Waals surface area contributed by atoms with Crippen molar-refractivity contribution in [1.82, 2.24) is 4.98 Å². The summed E-state index contributed by atoms with van der Waals surface area (Å²) >= 11 is 0. The Labute approximate surface area is 194 Å². The summed E-state index contributed by atoms with van der Waals surface area (Å²) in [6.45, 7) is 0.863. The van der Waals surface area contributed by atoms with Crippen LogP contribution in [-0.2, 0) is 4.74 Å². The van der Waals surface area contributed by atoms with Crippen molar-refractivity contribution in [3.8, 4) is 5.75 Å². The Morgan fingerprint density at radius 1 is 1.03 bits per heavy atom. The van der Waals surface area contributed by atoms with Crippen molar-refractivity contribution >= 4 is 29.8 Å². The van der Waals surface area contributed by atoms with Crippen LogP contribution in [-0.4, -0.2) is 42.3 Å². The predicted octanol–water partition coefficient (Wildman–Crippen LogP) is 4.90. The van der Waals surface area contributed by atoms with Crippen molar-refractivity contribution < 1.29 is 33.0 Å². The van der Waals surface area contributed by atoms with E-state index in [0.29, 0.717) is 30.9 Å². The van der Waals surface area contributed by atoms with E-state index in [-0.39, 0.29) is 22.5 Å². The Morgan fingerprint density at radius 3 is 2.53 bits per heavy atom. The molecule has 1 amide bonds. The Hall–Kier alpha value is -4.11. The number of carbonyl (C=O) groups excluding carboxylic acids is 1. The summed E-state index contributed by atoms with van der Waals surface area (Å²) in [5.41, 5.74) is 0.964. The van der Waals surface area contributed by atoms with Crippen molar-refractivity contribution in [3.63, 3.8) is 0 Å². The number of hydrogen-bond donors (Lipinski definition) is 2. The van der Waals surface area contributed by atoms with Crippen LogP contribution >= 0.6 is 0 Å². The molecule has 0 saturated heterocycles. The molecule has 0 atom stereocenters. The second kappa shape index (κ2) is 11.7. The molecule has 2 N–H and O–H groups in total. The van der Waals surface area contributed by atoms with Crippen LogP contribution in [0.15, 0.2) is 54.7 Å². The number of aromatic nitrogens is 1. The standard InChI is InChI=1S/C25H22F2N2O5/c1-33-9-2-10-34-21-12-16(3-4-17-5-7-20(26)14-22(17)27)11-19(13-21)24(30)29-23-8-6-18(15-28-23)25(31)32/h3-8,11-15H,2,9-10H2,1H3,(H,31,32)(H,28,29,30)/b4-3+. The van der Waals surface area contributed by atoms with Crippen LogP contribution in [0.2, 0.25) is 0 Å². The lowest BCUT2D eigenvalue weighted by Gasteiger charge is -2.10. The third kappa shape index (κ3) is 6.94. The fraction of sp³-hybridized carbons (Fsp3) is 0.160. The second-order valence-electron chi connectivity index (χ2n) is 7.18. The maximum Gasteiger partial charge on any atom is 0.337 e. The molecule has 3 rings (SSSR count). The number of methoxy groups -OCH3 is 1. The summed E-state index contributed by atoms with van der Waals surface area (Å²) in [5.74, 6) is -2.43. The number of hydrogen-bond acceptors (Lipinski definition) is 5. The normalized spacial score (nSPS) is 10.9. The molecule has 1 heterocycles. The number of anilines is 1. The average molecular weight is 468 g/mol. The van der Waals surface area contributed by atoms with Crippen LogP contribution in [0.25, 0.3) is 12.2 Å². The predicted molar refractivity (Wildman–Crippen MR) is 123 cm³/mol. The first kappa shape index (κ1) is 24.5. The van der Waals surface area contributed by atoms with E-state index in [1.807, 2.05) is 0 Å². The number of carboxylic acid groups (broad SMARTS) is 1. The fourth-order valence-electron chi connectivity index (χ4n) is 2.93. The highest BCUT2D eigenvalue weighted by molar-refractivity contribution is 6.04. The smallest absolute Gasteiger partial charge is 0.337 e. The van der Waals surface area contributed by atoms with Gasteiger partial charge in [0.25, 0.3) is 5.91 Å². The number of nitrogens with one attached hydrogen (secondary N) is 1. The molecule has 2 aromatic carbocycles. The van der Waals surface area contributed by atoms with Gasteiger partial charge in [-0.15, -0.1) is 0 Å². The maximum atomic E-state index is 14.0. The number of pyridine rings is 1. The third-order valence-electron chi connectivity index (χ3n) is 4.62. The zero-order valence-corrected chi connectivity index (χ0v) is 18.3. The molecule has 9 heteroatoms. The number of halogens is 2. The van der Waals surface area contributed by atoms with Crippen LogP contribution in [0, 0.1) is 11.6 Å². The minimum atomic E-state index is -1.13. The first-order valence-electron chi connectivity index (χ1n) is 10.3. The molecule has 0 aliphatic heterocycles. The van der Waals surface area contributed by atoms with Gasteiger partial charge in [-0.05, 0) is 48.0 Å². The van der Waals surface area contributed by atoms with Crippen molar-refractivity contribution in [2.75, 3.05) is 25.6 Å². The van der Waals surface area contributed by atoms with Gasteiger partial charge >= 0.3 is 5.97 Å². The second-order valence-corrected chi connectivity index (χ2v) is 7.18. The summed E-state index contributed by atoms with van der Waals surface area (Å²) in [4.78, 5) is 27.7. The van der Waals surface area contributed by atoms with E-state index in [1.165, 1.54) is 24.3 Å². The molecule has 1 aromatic heterocycles. The zero-order chi connectivity index (χ0) is 24.5. The van der Waals surface area contributed by atoms with Crippen LogP contribution in [0.3, 0.4) is 0 Å². The molecular weight excluding hydrogens is 446 g/mol. The number of nitrogens with zero attached hydrogens (tertiary/aromatic N) is 1. The molecule has 0 fully saturated rings. The van der Waals surface area contributed by atoms with E-state index in [9.17, 15) is 18.4 Å². The number of carboxylic acids is 1. The number of amides is 1. The van der Waals surface area contributed by atoms with Crippen molar-refractivity contribution in [2.45, 2.75) is 6.42 Å². The molecule has 34 heavy (non-hydrogen) atoms. The molecular formula is C25H22F2N2O5. The van der Waals surface area contributed by atoms with E-state index < -0.39 is 23.5 Å². The first-order valence-corrected chi connectivity index (χ1v) is 10.3. The van der Waals surface area contributed by atoms with Gasteiger partial charge in [0, 0.05) is 43.5 Å². The topological polar surface area (TPSA) is 97.8 Å². The SMILES string of the molecule is COCCCOc1cc(/C=C/c2ccc(F)cc2F)cc(C(=O)Nc2ccc(C(=O)O)cn2)c1. The summed E-state index contributed by atoms with van der Waals surface area (Å²) < 4.78 is 37.8. The van der Waals surface area contributed by atoms with Gasteiger partial charge in [0.05, 0.1) is 12.2 Å². The highest BCUT2D eigenvalue weighted by Gasteiger charge is 2.11. The molecule has 0 radical (unpaired) electrons. The van der Waals surface area contributed by atoms with Gasteiger partial charge in [-0.2, -0.15) is 0 Å². The number of rotatable bonds is 10. The van der Waals surface area contributed by atoms with Gasteiger partial charge in [0.2, 0.25) is 0 Å². The average Bonchev–Trinajstić information content (AvgIpc) is 2.81. The Morgan fingerprint density at radius 2 is 1.85 bits per heavy atom. The maximum absolute atomic E-state index is 14.0. The van der Waals surface area contributed by atoms with Gasteiger partial charge in [0.1, 0.15) is 23.2 Å². The Kier molecular flexibility index (Phi) is 8.42. The summed E-state index contributed by atoms with van der Waals surface area (Å²) in [6, 6.07) is 10.8. The van der Waals surface area contributed by atoms with Gasteiger partial charge in [-0.25, -0.2) is 18.6 Å². The fourth-order valence-corrected chi connectivity index (χ4v) is 2.93. The lowest BCUT2D eigenvalue weighted by atomic mass is 10.1. The van der Waals surface area contributed by atoms with E-state index in [0.717, 1.165) is 18.3 Å².